The molecule has 3 aromatic rings. The fourth-order valence-electron chi connectivity index (χ4n) is 2.73. The highest BCUT2D eigenvalue weighted by molar-refractivity contribution is 8.01. The van der Waals surface area contributed by atoms with Gasteiger partial charge in [0.15, 0.2) is 4.34 Å². The third kappa shape index (κ3) is 5.89. The smallest absolute Gasteiger partial charge is 0.264 e. The Kier molecular flexibility index (Phi) is 7.94. The summed E-state index contributed by atoms with van der Waals surface area (Å²) in [5.41, 5.74) is 1.92. The highest BCUT2D eigenvalue weighted by Gasteiger charge is 2.29. The van der Waals surface area contributed by atoms with E-state index in [4.69, 9.17) is 11.6 Å². The number of nitrogens with one attached hydrogen (secondary N) is 1. The summed E-state index contributed by atoms with van der Waals surface area (Å²) in [7, 11) is -4.04. The minimum atomic E-state index is -4.04. The van der Waals surface area contributed by atoms with E-state index >= 15 is 0 Å². The number of carbonyl (C=O) groups excluding carboxylic acids is 1. The molecule has 0 spiro atoms. The molecule has 0 aliphatic carbocycles. The molecule has 1 aromatic heterocycles. The molecule has 0 atom stereocenters. The lowest BCUT2D eigenvalue weighted by atomic mass is 10.2. The second kappa shape index (κ2) is 10.5. The van der Waals surface area contributed by atoms with Crippen LogP contribution in [0.15, 0.2) is 64.4 Å². The summed E-state index contributed by atoms with van der Waals surface area (Å²) < 4.78 is 28.7. The maximum Gasteiger partial charge on any atom is 0.264 e. The van der Waals surface area contributed by atoms with Crippen LogP contribution in [0.25, 0.3) is 0 Å². The number of sulfonamides is 1. The van der Waals surface area contributed by atoms with Gasteiger partial charge in [-0.3, -0.25) is 14.4 Å². The lowest BCUT2D eigenvalue weighted by Crippen LogP contribution is -2.38. The average Bonchev–Trinajstić information content (AvgIpc) is 3.19. The minimum Gasteiger partial charge on any atom is -0.299 e. The Morgan fingerprint density at radius 2 is 1.94 bits per heavy atom. The van der Waals surface area contributed by atoms with Crippen molar-refractivity contribution in [3.8, 4) is 0 Å². The first-order chi connectivity index (χ1) is 15.2. The van der Waals surface area contributed by atoms with E-state index in [0.29, 0.717) is 26.4 Å². The summed E-state index contributed by atoms with van der Waals surface area (Å²) in [6.07, 6.45) is 1.74. The van der Waals surface area contributed by atoms with Gasteiger partial charge in [-0.1, -0.05) is 64.5 Å². The van der Waals surface area contributed by atoms with Crippen LogP contribution in [0.5, 0.6) is 0 Å². The van der Waals surface area contributed by atoms with Gasteiger partial charge in [-0.05, 0) is 43.7 Å². The van der Waals surface area contributed by atoms with Gasteiger partial charge in [-0.15, -0.1) is 16.8 Å². The van der Waals surface area contributed by atoms with Crippen LogP contribution in [0.1, 0.15) is 11.1 Å². The molecule has 0 fully saturated rings. The van der Waals surface area contributed by atoms with Gasteiger partial charge < -0.3 is 0 Å². The summed E-state index contributed by atoms with van der Waals surface area (Å²) in [5.74, 6) is 0.121. The molecular formula is C21H21ClN4O3S3. The Balaban J connectivity index is 1.91. The normalized spacial score (nSPS) is 11.2. The number of hydrogen-bond acceptors (Lipinski definition) is 7. The van der Waals surface area contributed by atoms with Crippen LogP contribution in [-0.4, -0.2) is 36.8 Å². The lowest BCUT2D eigenvalue weighted by molar-refractivity contribution is -0.114. The topological polar surface area (TPSA) is 92.3 Å². The van der Waals surface area contributed by atoms with Crippen molar-refractivity contribution in [2.24, 2.45) is 0 Å². The van der Waals surface area contributed by atoms with Crippen molar-refractivity contribution in [2.45, 2.75) is 23.1 Å². The van der Waals surface area contributed by atoms with Crippen LogP contribution >= 0.6 is 34.7 Å². The monoisotopic (exact) mass is 508 g/mol. The van der Waals surface area contributed by atoms with Crippen molar-refractivity contribution in [3.63, 3.8) is 0 Å². The number of amides is 1. The van der Waals surface area contributed by atoms with Crippen molar-refractivity contribution < 1.29 is 13.2 Å². The minimum absolute atomic E-state index is 0.0781. The third-order valence-corrected chi connectivity index (χ3v) is 8.29. The summed E-state index contributed by atoms with van der Waals surface area (Å²) in [6.45, 7) is 6.83. The van der Waals surface area contributed by atoms with Crippen LogP contribution in [-0.2, 0) is 14.8 Å². The van der Waals surface area contributed by atoms with Gasteiger partial charge in [0.2, 0.25) is 11.0 Å². The first-order valence-electron chi connectivity index (χ1n) is 9.43. The molecule has 168 valence electrons. The molecule has 0 aliphatic heterocycles. The van der Waals surface area contributed by atoms with E-state index in [1.165, 1.54) is 41.3 Å². The predicted octanol–water partition coefficient (Wildman–Crippen LogP) is 4.92. The first kappa shape index (κ1) is 24.2. The van der Waals surface area contributed by atoms with E-state index in [1.54, 1.807) is 37.3 Å². The molecule has 7 nitrogen and oxygen atoms in total. The first-order valence-corrected chi connectivity index (χ1v) is 13.1. The van der Waals surface area contributed by atoms with Gasteiger partial charge in [-0.2, -0.15) is 0 Å². The molecular weight excluding hydrogens is 488 g/mol. The number of nitrogens with zero attached hydrogens (tertiary/aromatic N) is 3. The quantitative estimate of drug-likeness (QED) is 0.250. The van der Waals surface area contributed by atoms with Crippen LogP contribution < -0.4 is 9.62 Å². The molecule has 11 heteroatoms. The van der Waals surface area contributed by atoms with Gasteiger partial charge in [-0.25, -0.2) is 8.42 Å². The molecule has 0 bridgehead atoms. The summed E-state index contributed by atoms with van der Waals surface area (Å²) >= 11 is 8.79. The number of thioether (sulfide) groups is 1. The Morgan fingerprint density at radius 1 is 1.22 bits per heavy atom. The number of aryl methyl sites for hydroxylation is 2. The number of benzene rings is 2. The van der Waals surface area contributed by atoms with E-state index in [0.717, 1.165) is 9.87 Å². The third-order valence-electron chi connectivity index (χ3n) is 4.31. The molecule has 1 N–H and O–H groups in total. The highest BCUT2D eigenvalue weighted by atomic mass is 35.5. The maximum absolute atomic E-state index is 13.5. The zero-order chi connectivity index (χ0) is 23.3. The number of hydrogen-bond donors (Lipinski definition) is 1. The van der Waals surface area contributed by atoms with Gasteiger partial charge in [0.25, 0.3) is 10.0 Å². The zero-order valence-corrected chi connectivity index (χ0v) is 20.6. The molecule has 0 saturated heterocycles. The van der Waals surface area contributed by atoms with Crippen molar-refractivity contribution >= 4 is 61.4 Å². The molecule has 0 aliphatic rings. The van der Waals surface area contributed by atoms with E-state index in [1.807, 2.05) is 6.92 Å². The standard InChI is InChI=1S/C21H21ClN4O3S3/c1-4-11-30-21-25-24-20(31-21)23-19(27)13-26(18-12-16(22)8-7-15(18)3)32(28,29)17-9-5-14(2)6-10-17/h4-10,12H,1,11,13H2,2-3H3,(H,23,24,27). The van der Waals surface area contributed by atoms with Crippen LogP contribution in [0.4, 0.5) is 10.8 Å². The fourth-order valence-corrected chi connectivity index (χ4v) is 5.90. The summed E-state index contributed by atoms with van der Waals surface area (Å²) in [5, 5.41) is 11.2. The van der Waals surface area contributed by atoms with E-state index < -0.39 is 22.5 Å². The van der Waals surface area contributed by atoms with Crippen LogP contribution in [0.2, 0.25) is 5.02 Å². The van der Waals surface area contributed by atoms with Gasteiger partial charge in [0.05, 0.1) is 10.6 Å². The fraction of sp³-hybridized carbons (Fsp3) is 0.190. The Morgan fingerprint density at radius 3 is 2.62 bits per heavy atom. The van der Waals surface area contributed by atoms with Crippen molar-refractivity contribution in [1.82, 2.24) is 10.2 Å². The summed E-state index contributed by atoms with van der Waals surface area (Å²) in [4.78, 5) is 12.9. The molecule has 0 unspecified atom stereocenters. The molecule has 1 amide bonds. The van der Waals surface area contributed by atoms with Crippen LogP contribution in [0.3, 0.4) is 0 Å². The Hall–Kier alpha value is -2.40. The number of carbonyl (C=O) groups is 1. The van der Waals surface area contributed by atoms with Crippen molar-refractivity contribution in [2.75, 3.05) is 21.9 Å². The lowest BCUT2D eigenvalue weighted by Gasteiger charge is -2.25. The van der Waals surface area contributed by atoms with E-state index in [-0.39, 0.29) is 10.0 Å². The van der Waals surface area contributed by atoms with Crippen molar-refractivity contribution in [1.29, 1.82) is 0 Å². The van der Waals surface area contributed by atoms with Crippen molar-refractivity contribution in [3.05, 3.63) is 71.3 Å². The Labute approximate surface area is 200 Å². The zero-order valence-electron chi connectivity index (χ0n) is 17.4. The molecule has 0 saturated carbocycles. The Bertz CT molecular complexity index is 1230. The SMILES string of the molecule is C=CCSc1nnc(NC(=O)CN(c2cc(Cl)ccc2C)S(=O)(=O)c2ccc(C)cc2)s1. The average molecular weight is 509 g/mol. The second-order valence-electron chi connectivity index (χ2n) is 6.78. The second-order valence-corrected chi connectivity index (χ2v) is 11.3. The van der Waals surface area contributed by atoms with Gasteiger partial charge >= 0.3 is 0 Å². The van der Waals surface area contributed by atoms with E-state index in [2.05, 4.69) is 22.1 Å². The molecule has 3 rings (SSSR count). The molecule has 1 heterocycles. The number of anilines is 2. The summed E-state index contributed by atoms with van der Waals surface area (Å²) in [6, 6.07) is 11.4. The predicted molar refractivity (Wildman–Crippen MR) is 131 cm³/mol. The molecule has 32 heavy (non-hydrogen) atoms. The van der Waals surface area contributed by atoms with Gasteiger partial charge in [0.1, 0.15) is 6.54 Å². The number of halogens is 1. The largest absolute Gasteiger partial charge is 0.299 e. The van der Waals surface area contributed by atoms with E-state index in [9.17, 15) is 13.2 Å². The van der Waals surface area contributed by atoms with Crippen LogP contribution in [0, 0.1) is 13.8 Å². The maximum atomic E-state index is 13.5. The molecule has 0 radical (unpaired) electrons. The number of aromatic nitrogens is 2. The number of rotatable bonds is 9. The van der Waals surface area contributed by atoms with Gasteiger partial charge in [0, 0.05) is 10.8 Å². The molecule has 2 aromatic carbocycles. The highest BCUT2D eigenvalue weighted by Crippen LogP contribution is 2.30.